The molecule has 6 heteroatoms. The number of rotatable bonds is 7. The van der Waals surface area contributed by atoms with Crippen LogP contribution in [0.25, 0.3) is 0 Å². The summed E-state index contributed by atoms with van der Waals surface area (Å²) in [6, 6.07) is 13.9. The molecule has 1 N–H and O–H groups in total. The number of benzene rings is 2. The summed E-state index contributed by atoms with van der Waals surface area (Å²) in [6.45, 7) is 5.82. The van der Waals surface area contributed by atoms with Gasteiger partial charge < -0.3 is 10.2 Å². The quantitative estimate of drug-likeness (QED) is 0.736. The van der Waals surface area contributed by atoms with Gasteiger partial charge in [0.2, 0.25) is 11.8 Å². The van der Waals surface area contributed by atoms with Gasteiger partial charge in [-0.15, -0.1) is 0 Å². The number of nitrogens with one attached hydrogen (secondary N) is 1. The van der Waals surface area contributed by atoms with E-state index in [0.29, 0.717) is 16.6 Å². The highest BCUT2D eigenvalue weighted by atomic mass is 35.5. The van der Waals surface area contributed by atoms with E-state index in [-0.39, 0.29) is 24.3 Å². The van der Waals surface area contributed by atoms with E-state index in [2.05, 4.69) is 5.32 Å². The van der Waals surface area contributed by atoms with Crippen LogP contribution in [-0.2, 0) is 22.6 Å². The lowest BCUT2D eigenvalue weighted by Crippen LogP contribution is -2.49. The molecule has 0 aliphatic carbocycles. The highest BCUT2D eigenvalue weighted by molar-refractivity contribution is 6.31. The lowest BCUT2D eigenvalue weighted by Gasteiger charge is -2.29. The third kappa shape index (κ3) is 6.26. The molecule has 0 saturated heterocycles. The van der Waals surface area contributed by atoms with Crippen LogP contribution in [0.1, 0.15) is 31.9 Å². The van der Waals surface area contributed by atoms with Gasteiger partial charge in [0, 0.05) is 22.6 Å². The van der Waals surface area contributed by atoms with Crippen LogP contribution in [0, 0.1) is 0 Å². The SMILES string of the molecule is CC(C)NC(=O)[C@@H](C)N(Cc1ccc(Cl)cc1)C(=O)Cc1ccccc1Cl. The van der Waals surface area contributed by atoms with Crippen molar-refractivity contribution in [2.45, 2.75) is 45.8 Å². The predicted octanol–water partition coefficient (Wildman–Crippen LogP) is 4.48. The molecule has 0 radical (unpaired) electrons. The van der Waals surface area contributed by atoms with Gasteiger partial charge in [0.25, 0.3) is 0 Å². The minimum Gasteiger partial charge on any atom is -0.352 e. The summed E-state index contributed by atoms with van der Waals surface area (Å²) in [6.07, 6.45) is 0.132. The summed E-state index contributed by atoms with van der Waals surface area (Å²) in [5.74, 6) is -0.351. The van der Waals surface area contributed by atoms with E-state index in [4.69, 9.17) is 23.2 Å². The van der Waals surface area contributed by atoms with Crippen molar-refractivity contribution in [2.24, 2.45) is 0 Å². The van der Waals surface area contributed by atoms with Gasteiger partial charge in [0.15, 0.2) is 0 Å². The number of nitrogens with zero attached hydrogens (tertiary/aromatic N) is 1. The first-order chi connectivity index (χ1) is 12.8. The summed E-state index contributed by atoms with van der Waals surface area (Å²) in [4.78, 5) is 27.1. The molecule has 0 heterocycles. The second-order valence-corrected chi connectivity index (χ2v) is 7.60. The minimum absolute atomic E-state index is 0.00370. The van der Waals surface area contributed by atoms with Crippen LogP contribution in [0.5, 0.6) is 0 Å². The average Bonchev–Trinajstić information content (AvgIpc) is 2.62. The molecule has 144 valence electrons. The molecule has 2 aromatic carbocycles. The van der Waals surface area contributed by atoms with Gasteiger partial charge in [-0.1, -0.05) is 53.5 Å². The second-order valence-electron chi connectivity index (χ2n) is 6.76. The lowest BCUT2D eigenvalue weighted by molar-refractivity contribution is -0.140. The molecule has 0 aliphatic rings. The number of carbonyl (C=O) groups is 2. The molecule has 0 aromatic heterocycles. The van der Waals surface area contributed by atoms with Crippen molar-refractivity contribution in [3.8, 4) is 0 Å². The maximum absolute atomic E-state index is 13.0. The Hall–Kier alpha value is -2.04. The van der Waals surface area contributed by atoms with Crippen molar-refractivity contribution in [1.29, 1.82) is 0 Å². The summed E-state index contributed by atoms with van der Waals surface area (Å²) in [7, 11) is 0. The van der Waals surface area contributed by atoms with Crippen molar-refractivity contribution < 1.29 is 9.59 Å². The molecular weight excluding hydrogens is 383 g/mol. The molecule has 2 amide bonds. The molecule has 1 atom stereocenters. The third-order valence-corrected chi connectivity index (χ3v) is 4.78. The Balaban J connectivity index is 2.24. The Morgan fingerprint density at radius 1 is 1.00 bits per heavy atom. The van der Waals surface area contributed by atoms with Gasteiger partial charge in [-0.2, -0.15) is 0 Å². The van der Waals surface area contributed by atoms with Crippen molar-refractivity contribution in [3.63, 3.8) is 0 Å². The van der Waals surface area contributed by atoms with E-state index < -0.39 is 6.04 Å². The normalized spacial score (nSPS) is 11.9. The molecule has 4 nitrogen and oxygen atoms in total. The highest BCUT2D eigenvalue weighted by Crippen LogP contribution is 2.19. The topological polar surface area (TPSA) is 49.4 Å². The summed E-state index contributed by atoms with van der Waals surface area (Å²) >= 11 is 12.1. The fraction of sp³-hybridized carbons (Fsp3) is 0.333. The summed E-state index contributed by atoms with van der Waals surface area (Å²) in [5, 5.41) is 4.03. The molecule has 27 heavy (non-hydrogen) atoms. The summed E-state index contributed by atoms with van der Waals surface area (Å²) in [5.41, 5.74) is 1.64. The fourth-order valence-electron chi connectivity index (χ4n) is 2.68. The van der Waals surface area contributed by atoms with Gasteiger partial charge in [-0.3, -0.25) is 9.59 Å². The highest BCUT2D eigenvalue weighted by Gasteiger charge is 2.26. The van der Waals surface area contributed by atoms with E-state index >= 15 is 0 Å². The van der Waals surface area contributed by atoms with Gasteiger partial charge in [0.05, 0.1) is 6.42 Å². The van der Waals surface area contributed by atoms with Crippen molar-refractivity contribution in [1.82, 2.24) is 10.2 Å². The first-order valence-corrected chi connectivity index (χ1v) is 9.61. The predicted molar refractivity (Wildman–Crippen MR) is 110 cm³/mol. The number of carbonyl (C=O) groups excluding carboxylic acids is 2. The Kier molecular flexibility index (Phi) is 7.69. The van der Waals surface area contributed by atoms with E-state index in [1.807, 2.05) is 44.2 Å². The maximum atomic E-state index is 13.0. The molecule has 0 bridgehead atoms. The molecule has 0 aliphatic heterocycles. The van der Waals surface area contributed by atoms with E-state index in [1.54, 1.807) is 30.0 Å². The van der Waals surface area contributed by atoms with Gasteiger partial charge in [-0.25, -0.2) is 0 Å². The average molecular weight is 407 g/mol. The van der Waals surface area contributed by atoms with Crippen LogP contribution in [0.15, 0.2) is 48.5 Å². The fourth-order valence-corrected chi connectivity index (χ4v) is 3.01. The smallest absolute Gasteiger partial charge is 0.242 e. The standard InChI is InChI=1S/C21H24Cl2N2O2/c1-14(2)24-21(27)15(3)25(13-16-8-10-18(22)11-9-16)20(26)12-17-6-4-5-7-19(17)23/h4-11,14-15H,12-13H2,1-3H3,(H,24,27)/t15-/m1/s1. The lowest BCUT2D eigenvalue weighted by atomic mass is 10.1. The van der Waals surface area contributed by atoms with Crippen molar-refractivity contribution in [2.75, 3.05) is 0 Å². The zero-order valence-electron chi connectivity index (χ0n) is 15.7. The molecule has 0 spiro atoms. The maximum Gasteiger partial charge on any atom is 0.242 e. The third-order valence-electron chi connectivity index (χ3n) is 4.16. The monoisotopic (exact) mass is 406 g/mol. The minimum atomic E-state index is -0.613. The van der Waals surface area contributed by atoms with Gasteiger partial charge >= 0.3 is 0 Å². The zero-order valence-corrected chi connectivity index (χ0v) is 17.2. The second kappa shape index (κ2) is 9.77. The van der Waals surface area contributed by atoms with Gasteiger partial charge in [0.1, 0.15) is 6.04 Å². The molecule has 2 rings (SSSR count). The number of hydrogen-bond acceptors (Lipinski definition) is 2. The number of halogens is 2. The van der Waals surface area contributed by atoms with Crippen LogP contribution in [0.2, 0.25) is 10.0 Å². The zero-order chi connectivity index (χ0) is 20.0. The number of hydrogen-bond donors (Lipinski definition) is 1. The first-order valence-electron chi connectivity index (χ1n) is 8.85. The molecule has 0 saturated carbocycles. The van der Waals surface area contributed by atoms with Crippen molar-refractivity contribution >= 4 is 35.0 Å². The summed E-state index contributed by atoms with van der Waals surface area (Å²) < 4.78 is 0. The van der Waals surface area contributed by atoms with Crippen LogP contribution in [0.4, 0.5) is 0 Å². The van der Waals surface area contributed by atoms with E-state index in [9.17, 15) is 9.59 Å². The van der Waals surface area contributed by atoms with E-state index in [1.165, 1.54) is 0 Å². The van der Waals surface area contributed by atoms with Gasteiger partial charge in [-0.05, 0) is 50.1 Å². The largest absolute Gasteiger partial charge is 0.352 e. The molecule has 2 aromatic rings. The Morgan fingerprint density at radius 3 is 2.22 bits per heavy atom. The Morgan fingerprint density at radius 2 is 1.63 bits per heavy atom. The Bertz CT molecular complexity index is 791. The Labute approximate surface area is 170 Å². The van der Waals surface area contributed by atoms with Crippen LogP contribution >= 0.6 is 23.2 Å². The molecule has 0 fully saturated rings. The van der Waals surface area contributed by atoms with Crippen LogP contribution in [0.3, 0.4) is 0 Å². The van der Waals surface area contributed by atoms with Crippen LogP contribution in [-0.4, -0.2) is 28.8 Å². The first kappa shape index (κ1) is 21.3. The van der Waals surface area contributed by atoms with Crippen molar-refractivity contribution in [3.05, 3.63) is 69.7 Å². The van der Waals surface area contributed by atoms with E-state index in [0.717, 1.165) is 11.1 Å². The molecule has 0 unspecified atom stereocenters. The molecular formula is C21H24Cl2N2O2. The number of amides is 2. The van der Waals surface area contributed by atoms with Crippen LogP contribution < -0.4 is 5.32 Å².